The Balaban J connectivity index is 1.76. The van der Waals surface area contributed by atoms with Crippen LogP contribution in [0.15, 0.2) is 66.7 Å². The van der Waals surface area contributed by atoms with Crippen molar-refractivity contribution in [3.63, 3.8) is 0 Å². The van der Waals surface area contributed by atoms with E-state index in [1.807, 2.05) is 42.5 Å². The average Bonchev–Trinajstić information content (AvgIpc) is 2.74. The van der Waals surface area contributed by atoms with Crippen LogP contribution in [0.25, 0.3) is 10.8 Å². The number of fused-ring (bicyclic) bond motifs is 1. The number of rotatable bonds is 4. The quantitative estimate of drug-likeness (QED) is 0.593. The van der Waals surface area contributed by atoms with Crippen LogP contribution in [0.3, 0.4) is 0 Å². The molecule has 0 saturated carbocycles. The van der Waals surface area contributed by atoms with E-state index >= 15 is 0 Å². The molecule has 0 radical (unpaired) electrons. The zero-order valence-electron chi connectivity index (χ0n) is 16.3. The van der Waals surface area contributed by atoms with Gasteiger partial charge >= 0.3 is 12.1 Å². The maximum atomic E-state index is 13.1. The molecule has 3 nitrogen and oxygen atoms in total. The first-order valence-electron chi connectivity index (χ1n) is 9.96. The second kappa shape index (κ2) is 8.11. The number of piperidine rings is 1. The van der Waals surface area contributed by atoms with Crippen molar-refractivity contribution < 1.29 is 23.1 Å². The molecule has 1 fully saturated rings. The molecule has 4 rings (SSSR count). The van der Waals surface area contributed by atoms with E-state index in [1.54, 1.807) is 12.1 Å². The molecule has 0 amide bonds. The van der Waals surface area contributed by atoms with Crippen LogP contribution in [0.1, 0.15) is 35.6 Å². The van der Waals surface area contributed by atoms with Gasteiger partial charge in [0.1, 0.15) is 0 Å². The molecule has 1 aliphatic rings. The van der Waals surface area contributed by atoms with Gasteiger partial charge in [-0.3, -0.25) is 9.69 Å². The molecule has 30 heavy (non-hydrogen) atoms. The lowest BCUT2D eigenvalue weighted by Gasteiger charge is -2.37. The van der Waals surface area contributed by atoms with E-state index in [9.17, 15) is 23.1 Å². The normalized spacial score (nSPS) is 17.2. The molecule has 3 aromatic rings. The molecule has 6 heteroatoms. The third-order valence-corrected chi connectivity index (χ3v) is 5.92. The summed E-state index contributed by atoms with van der Waals surface area (Å²) in [6, 6.07) is 19.0. The number of carboxylic acids is 1. The van der Waals surface area contributed by atoms with Gasteiger partial charge in [0.2, 0.25) is 0 Å². The summed E-state index contributed by atoms with van der Waals surface area (Å²) in [6.07, 6.45) is -3.33. The summed E-state index contributed by atoms with van der Waals surface area (Å²) in [4.78, 5) is 13.5. The molecule has 1 atom stereocenters. The maximum absolute atomic E-state index is 13.1. The molecule has 1 N–H and O–H groups in total. The second-order valence-electron chi connectivity index (χ2n) is 7.74. The van der Waals surface area contributed by atoms with Gasteiger partial charge in [0.25, 0.3) is 0 Å². The zero-order valence-corrected chi connectivity index (χ0v) is 16.3. The van der Waals surface area contributed by atoms with Gasteiger partial charge in [-0.1, -0.05) is 54.6 Å². The number of alkyl halides is 3. The van der Waals surface area contributed by atoms with E-state index < -0.39 is 17.7 Å². The van der Waals surface area contributed by atoms with Crippen molar-refractivity contribution in [1.29, 1.82) is 0 Å². The zero-order chi connectivity index (χ0) is 21.3. The van der Waals surface area contributed by atoms with Crippen LogP contribution in [0.2, 0.25) is 0 Å². The first-order chi connectivity index (χ1) is 14.3. The SMILES string of the molecule is O=C(O)C1CCN(C(c2ccc(C(F)(F)F)cc2)c2cccc3ccccc23)CC1. The average molecular weight is 413 g/mol. The molecule has 0 bridgehead atoms. The highest BCUT2D eigenvalue weighted by Gasteiger charge is 2.33. The Bertz CT molecular complexity index is 1030. The van der Waals surface area contributed by atoms with Crippen LogP contribution < -0.4 is 0 Å². The van der Waals surface area contributed by atoms with Gasteiger partial charge < -0.3 is 5.11 Å². The first-order valence-corrected chi connectivity index (χ1v) is 9.96. The highest BCUT2D eigenvalue weighted by atomic mass is 19.4. The molecule has 1 aliphatic heterocycles. The fraction of sp³-hybridized carbons (Fsp3) is 0.292. The smallest absolute Gasteiger partial charge is 0.416 e. The second-order valence-corrected chi connectivity index (χ2v) is 7.74. The van der Waals surface area contributed by atoms with Crippen molar-refractivity contribution in [1.82, 2.24) is 4.90 Å². The van der Waals surface area contributed by atoms with Crippen LogP contribution in [0.4, 0.5) is 13.2 Å². The molecule has 1 unspecified atom stereocenters. The van der Waals surface area contributed by atoms with E-state index in [0.29, 0.717) is 25.9 Å². The summed E-state index contributed by atoms with van der Waals surface area (Å²) in [5.74, 6) is -1.16. The van der Waals surface area contributed by atoms with Gasteiger partial charge in [-0.15, -0.1) is 0 Å². The summed E-state index contributed by atoms with van der Waals surface area (Å²) in [5.41, 5.74) is 1.11. The van der Waals surface area contributed by atoms with Crippen LogP contribution in [0, 0.1) is 5.92 Å². The summed E-state index contributed by atoms with van der Waals surface area (Å²) in [6.45, 7) is 1.15. The minimum Gasteiger partial charge on any atom is -0.481 e. The van der Waals surface area contributed by atoms with Crippen LogP contribution in [0.5, 0.6) is 0 Å². The fourth-order valence-corrected chi connectivity index (χ4v) is 4.33. The lowest BCUT2D eigenvalue weighted by molar-refractivity contribution is -0.143. The summed E-state index contributed by atoms with van der Waals surface area (Å²) < 4.78 is 39.2. The number of carboxylic acid groups (broad SMARTS) is 1. The summed E-state index contributed by atoms with van der Waals surface area (Å²) in [5, 5.41) is 11.4. The van der Waals surface area contributed by atoms with Gasteiger partial charge in [0.05, 0.1) is 17.5 Å². The molecule has 3 aromatic carbocycles. The van der Waals surface area contributed by atoms with Crippen molar-refractivity contribution in [2.45, 2.75) is 25.1 Å². The largest absolute Gasteiger partial charge is 0.481 e. The molecule has 1 heterocycles. The van der Waals surface area contributed by atoms with Gasteiger partial charge in [0, 0.05) is 0 Å². The van der Waals surface area contributed by atoms with Crippen LogP contribution >= 0.6 is 0 Å². The minimum atomic E-state index is -4.38. The third-order valence-electron chi connectivity index (χ3n) is 5.92. The Kier molecular flexibility index (Phi) is 5.52. The van der Waals surface area contributed by atoms with E-state index in [0.717, 1.165) is 34.0 Å². The predicted molar refractivity (Wildman–Crippen MR) is 109 cm³/mol. The standard InChI is InChI=1S/C24H22F3NO2/c25-24(26,27)19-10-8-17(9-11-19)22(28-14-12-18(13-15-28)23(29)30)21-7-3-5-16-4-1-2-6-20(16)21/h1-11,18,22H,12-15H2,(H,29,30). The highest BCUT2D eigenvalue weighted by Crippen LogP contribution is 2.37. The lowest BCUT2D eigenvalue weighted by Crippen LogP contribution is -2.39. The summed E-state index contributed by atoms with van der Waals surface area (Å²) in [7, 11) is 0. The summed E-state index contributed by atoms with van der Waals surface area (Å²) >= 11 is 0. The molecular weight excluding hydrogens is 391 g/mol. The number of carbonyl (C=O) groups is 1. The molecule has 0 spiro atoms. The Morgan fingerprint density at radius 2 is 1.57 bits per heavy atom. The number of aliphatic carboxylic acids is 1. The van der Waals surface area contributed by atoms with E-state index in [4.69, 9.17) is 0 Å². The topological polar surface area (TPSA) is 40.5 Å². The number of likely N-dealkylation sites (tertiary alicyclic amines) is 1. The van der Waals surface area contributed by atoms with E-state index in [-0.39, 0.29) is 12.0 Å². The van der Waals surface area contributed by atoms with Gasteiger partial charge in [-0.05, 0) is 60.0 Å². The van der Waals surface area contributed by atoms with Gasteiger partial charge in [-0.2, -0.15) is 13.2 Å². The number of hydrogen-bond donors (Lipinski definition) is 1. The minimum absolute atomic E-state index is 0.242. The van der Waals surface area contributed by atoms with Gasteiger partial charge in [0.15, 0.2) is 0 Å². The Hall–Kier alpha value is -2.86. The lowest BCUT2D eigenvalue weighted by atomic mass is 9.89. The Morgan fingerprint density at radius 1 is 0.933 bits per heavy atom. The number of halogens is 3. The van der Waals surface area contributed by atoms with Crippen LogP contribution in [-0.4, -0.2) is 29.1 Å². The molecule has 0 aromatic heterocycles. The van der Waals surface area contributed by atoms with Crippen molar-refractivity contribution in [3.05, 3.63) is 83.4 Å². The fourth-order valence-electron chi connectivity index (χ4n) is 4.33. The molecule has 0 aliphatic carbocycles. The number of benzene rings is 3. The molecule has 156 valence electrons. The predicted octanol–water partition coefficient (Wildman–Crippen LogP) is 5.74. The number of nitrogens with zero attached hydrogens (tertiary/aromatic N) is 1. The molecular formula is C24H22F3NO2. The number of hydrogen-bond acceptors (Lipinski definition) is 2. The van der Waals surface area contributed by atoms with Crippen molar-refractivity contribution >= 4 is 16.7 Å². The van der Waals surface area contributed by atoms with E-state index in [2.05, 4.69) is 4.90 Å². The first kappa shape index (κ1) is 20.4. The Morgan fingerprint density at radius 3 is 2.20 bits per heavy atom. The van der Waals surface area contributed by atoms with Gasteiger partial charge in [-0.25, -0.2) is 0 Å². The van der Waals surface area contributed by atoms with Crippen molar-refractivity contribution in [2.24, 2.45) is 5.92 Å². The van der Waals surface area contributed by atoms with Crippen molar-refractivity contribution in [3.8, 4) is 0 Å². The maximum Gasteiger partial charge on any atom is 0.416 e. The third kappa shape index (κ3) is 4.05. The highest BCUT2D eigenvalue weighted by molar-refractivity contribution is 5.86. The molecule has 1 saturated heterocycles. The van der Waals surface area contributed by atoms with E-state index in [1.165, 1.54) is 0 Å². The van der Waals surface area contributed by atoms with Crippen LogP contribution in [-0.2, 0) is 11.0 Å². The van der Waals surface area contributed by atoms with Crippen molar-refractivity contribution in [2.75, 3.05) is 13.1 Å². The monoisotopic (exact) mass is 413 g/mol. The Labute approximate surface area is 172 Å².